The number of ether oxygens (including phenoxy) is 1. The van der Waals surface area contributed by atoms with Crippen LogP contribution in [-0.2, 0) is 10.2 Å². The molecule has 1 amide bonds. The summed E-state index contributed by atoms with van der Waals surface area (Å²) < 4.78 is 6.05. The van der Waals surface area contributed by atoms with Crippen LogP contribution < -0.4 is 10.1 Å². The molecule has 1 heterocycles. The van der Waals surface area contributed by atoms with E-state index in [0.29, 0.717) is 12.0 Å². The van der Waals surface area contributed by atoms with Crippen LogP contribution in [0, 0.1) is 24.7 Å². The minimum Gasteiger partial charge on any atom is -0.492 e. The molecule has 27 heavy (non-hydrogen) atoms. The fourth-order valence-electron chi connectivity index (χ4n) is 5.54. The Balaban J connectivity index is 1.33. The first-order valence-corrected chi connectivity index (χ1v) is 11.0. The van der Waals surface area contributed by atoms with Gasteiger partial charge in [-0.3, -0.25) is 4.79 Å². The zero-order chi connectivity index (χ0) is 19.0. The molecule has 0 aromatic heterocycles. The fourth-order valence-corrected chi connectivity index (χ4v) is 5.54. The van der Waals surface area contributed by atoms with E-state index >= 15 is 0 Å². The molecule has 0 radical (unpaired) electrons. The molecule has 1 atom stereocenters. The van der Waals surface area contributed by atoms with E-state index in [1.807, 2.05) is 0 Å². The highest BCUT2D eigenvalue weighted by Crippen LogP contribution is 2.50. The molecule has 2 saturated carbocycles. The quantitative estimate of drug-likeness (QED) is 0.800. The topological polar surface area (TPSA) is 38.3 Å². The summed E-state index contributed by atoms with van der Waals surface area (Å²) in [4.78, 5) is 12.8. The predicted octanol–water partition coefficient (Wildman–Crippen LogP) is 5.15. The largest absolute Gasteiger partial charge is 0.492 e. The number of aryl methyl sites for hydroxylation is 1. The Bertz CT molecular complexity index is 682. The summed E-state index contributed by atoms with van der Waals surface area (Å²) in [6.45, 7) is 7.41. The molecular formula is C24H35NO2. The van der Waals surface area contributed by atoms with Gasteiger partial charge in [0.15, 0.2) is 0 Å². The second kappa shape index (κ2) is 7.48. The molecule has 1 aromatic rings. The van der Waals surface area contributed by atoms with E-state index in [1.54, 1.807) is 0 Å². The summed E-state index contributed by atoms with van der Waals surface area (Å²) in [5.74, 6) is 2.83. The van der Waals surface area contributed by atoms with Crippen LogP contribution in [0.15, 0.2) is 18.2 Å². The molecule has 0 bridgehead atoms. The average Bonchev–Trinajstić information content (AvgIpc) is 3.01. The van der Waals surface area contributed by atoms with Crippen molar-refractivity contribution in [2.45, 2.75) is 83.6 Å². The Kier molecular flexibility index (Phi) is 5.22. The van der Waals surface area contributed by atoms with Gasteiger partial charge in [0.2, 0.25) is 5.91 Å². The first-order chi connectivity index (χ1) is 13.0. The van der Waals surface area contributed by atoms with Crippen molar-refractivity contribution in [3.63, 3.8) is 0 Å². The maximum atomic E-state index is 12.8. The fraction of sp³-hybridized carbons (Fsp3) is 0.708. The number of fused-ring (bicyclic) bond motifs is 2. The van der Waals surface area contributed by atoms with Crippen LogP contribution in [0.5, 0.6) is 5.75 Å². The summed E-state index contributed by atoms with van der Waals surface area (Å²) in [6.07, 6.45) is 9.37. The second-order valence-corrected chi connectivity index (χ2v) is 9.66. The number of nitrogens with one attached hydrogen (secondary N) is 1. The highest BCUT2D eigenvalue weighted by atomic mass is 16.5. The third-order valence-electron chi connectivity index (χ3n) is 7.68. The minimum absolute atomic E-state index is 0.126. The van der Waals surface area contributed by atoms with Crippen molar-refractivity contribution < 1.29 is 9.53 Å². The molecule has 1 unspecified atom stereocenters. The van der Waals surface area contributed by atoms with Gasteiger partial charge in [0.1, 0.15) is 5.75 Å². The Morgan fingerprint density at radius 1 is 1.15 bits per heavy atom. The van der Waals surface area contributed by atoms with Crippen LogP contribution in [0.25, 0.3) is 0 Å². The van der Waals surface area contributed by atoms with Crippen LogP contribution in [0.4, 0.5) is 0 Å². The third kappa shape index (κ3) is 3.75. The number of benzene rings is 1. The van der Waals surface area contributed by atoms with Gasteiger partial charge in [0, 0.05) is 22.9 Å². The normalized spacial score (nSPS) is 34.0. The standard InChI is InChI=1S/C24H35NO2/c1-16-4-7-20(8-5-16)25-23(26)18(3)19-10-12-24(13-11-19)15-27-22-14-17(2)6-9-21(22)24/h6,9,14,16,18-20H,4-5,7-8,10-13,15H2,1-3H3,(H,25,26). The summed E-state index contributed by atoms with van der Waals surface area (Å²) in [6, 6.07) is 7.07. The molecule has 1 spiro atoms. The van der Waals surface area contributed by atoms with Crippen LogP contribution in [0.3, 0.4) is 0 Å². The van der Waals surface area contributed by atoms with Crippen LogP contribution in [0.2, 0.25) is 0 Å². The summed E-state index contributed by atoms with van der Waals surface area (Å²) in [5, 5.41) is 3.36. The second-order valence-electron chi connectivity index (χ2n) is 9.66. The van der Waals surface area contributed by atoms with Crippen molar-refractivity contribution in [2.75, 3.05) is 6.61 Å². The van der Waals surface area contributed by atoms with Gasteiger partial charge in [-0.2, -0.15) is 0 Å². The van der Waals surface area contributed by atoms with Gasteiger partial charge in [-0.25, -0.2) is 0 Å². The number of amides is 1. The maximum absolute atomic E-state index is 12.8. The molecule has 0 saturated heterocycles. The first-order valence-electron chi connectivity index (χ1n) is 11.0. The van der Waals surface area contributed by atoms with Crippen LogP contribution >= 0.6 is 0 Å². The van der Waals surface area contributed by atoms with Gasteiger partial charge in [-0.1, -0.05) is 26.0 Å². The minimum atomic E-state index is 0.126. The lowest BCUT2D eigenvalue weighted by Gasteiger charge is -2.38. The molecule has 1 aromatic carbocycles. The Hall–Kier alpha value is -1.51. The van der Waals surface area contributed by atoms with E-state index in [4.69, 9.17) is 4.74 Å². The van der Waals surface area contributed by atoms with Crippen molar-refractivity contribution in [1.82, 2.24) is 5.32 Å². The van der Waals surface area contributed by atoms with Crippen molar-refractivity contribution in [3.05, 3.63) is 29.3 Å². The maximum Gasteiger partial charge on any atom is 0.223 e. The molecule has 1 N–H and O–H groups in total. The summed E-state index contributed by atoms with van der Waals surface area (Å²) >= 11 is 0. The van der Waals surface area contributed by atoms with Gasteiger partial charge < -0.3 is 10.1 Å². The monoisotopic (exact) mass is 369 g/mol. The van der Waals surface area contributed by atoms with E-state index in [2.05, 4.69) is 44.3 Å². The number of rotatable bonds is 3. The van der Waals surface area contributed by atoms with E-state index in [-0.39, 0.29) is 17.2 Å². The average molecular weight is 370 g/mol. The Morgan fingerprint density at radius 3 is 2.56 bits per heavy atom. The zero-order valence-corrected chi connectivity index (χ0v) is 17.2. The molecule has 2 fully saturated rings. The predicted molar refractivity (Wildman–Crippen MR) is 109 cm³/mol. The SMILES string of the molecule is Cc1ccc2c(c1)OCC21CCC(C(C)C(=O)NC2CCC(C)CC2)CC1. The molecule has 4 rings (SSSR count). The number of carbonyl (C=O) groups is 1. The van der Waals surface area contributed by atoms with Crippen LogP contribution in [0.1, 0.15) is 76.3 Å². The molecule has 2 aliphatic carbocycles. The van der Waals surface area contributed by atoms with E-state index < -0.39 is 0 Å². The van der Waals surface area contributed by atoms with Gasteiger partial charge in [-0.05, 0) is 81.8 Å². The molecular weight excluding hydrogens is 334 g/mol. The molecule has 1 aliphatic heterocycles. The highest BCUT2D eigenvalue weighted by Gasteiger charge is 2.44. The summed E-state index contributed by atoms with van der Waals surface area (Å²) in [5.41, 5.74) is 2.86. The summed E-state index contributed by atoms with van der Waals surface area (Å²) in [7, 11) is 0. The first kappa shape index (κ1) is 18.8. The zero-order valence-electron chi connectivity index (χ0n) is 17.2. The smallest absolute Gasteiger partial charge is 0.223 e. The molecule has 148 valence electrons. The van der Waals surface area contributed by atoms with Crippen molar-refractivity contribution in [1.29, 1.82) is 0 Å². The third-order valence-corrected chi connectivity index (χ3v) is 7.68. The van der Waals surface area contributed by atoms with E-state index in [9.17, 15) is 4.79 Å². The Morgan fingerprint density at radius 2 is 1.85 bits per heavy atom. The van der Waals surface area contributed by atoms with Crippen molar-refractivity contribution in [3.8, 4) is 5.75 Å². The number of carbonyl (C=O) groups excluding carboxylic acids is 1. The van der Waals surface area contributed by atoms with Gasteiger partial charge >= 0.3 is 0 Å². The lowest BCUT2D eigenvalue weighted by atomic mass is 9.65. The molecule has 3 nitrogen and oxygen atoms in total. The van der Waals surface area contributed by atoms with Crippen molar-refractivity contribution >= 4 is 5.91 Å². The van der Waals surface area contributed by atoms with E-state index in [0.717, 1.165) is 56.8 Å². The molecule has 3 aliphatic rings. The number of hydrogen-bond donors (Lipinski definition) is 1. The molecule has 3 heteroatoms. The van der Waals surface area contributed by atoms with Gasteiger partial charge in [0.05, 0.1) is 6.61 Å². The van der Waals surface area contributed by atoms with Gasteiger partial charge in [-0.15, -0.1) is 0 Å². The van der Waals surface area contributed by atoms with E-state index in [1.165, 1.54) is 24.0 Å². The Labute approximate surface area is 164 Å². The van der Waals surface area contributed by atoms with Crippen LogP contribution in [-0.4, -0.2) is 18.6 Å². The lowest BCUT2D eigenvalue weighted by molar-refractivity contribution is -0.127. The number of hydrogen-bond acceptors (Lipinski definition) is 2. The highest BCUT2D eigenvalue weighted by molar-refractivity contribution is 5.79. The van der Waals surface area contributed by atoms with Gasteiger partial charge in [0.25, 0.3) is 0 Å². The lowest BCUT2D eigenvalue weighted by Crippen LogP contribution is -2.43. The van der Waals surface area contributed by atoms with Crippen molar-refractivity contribution in [2.24, 2.45) is 17.8 Å².